The van der Waals surface area contributed by atoms with E-state index in [0.29, 0.717) is 22.7 Å². The second kappa shape index (κ2) is 6.57. The first-order chi connectivity index (χ1) is 9.51. The van der Waals surface area contributed by atoms with Gasteiger partial charge in [-0.1, -0.05) is 11.6 Å². The van der Waals surface area contributed by atoms with Crippen LogP contribution >= 0.6 is 11.6 Å². The number of halogens is 1. The van der Waals surface area contributed by atoms with Gasteiger partial charge in [-0.3, -0.25) is 4.90 Å². The smallest absolute Gasteiger partial charge is 0.337 e. The normalized spacial score (nSPS) is 23.6. The van der Waals surface area contributed by atoms with Crippen LogP contribution < -0.4 is 5.32 Å². The number of hydrogen-bond acceptors (Lipinski definition) is 4. The first kappa shape index (κ1) is 15.3. The molecule has 0 saturated carbocycles. The quantitative estimate of drug-likeness (QED) is 0.869. The summed E-state index contributed by atoms with van der Waals surface area (Å²) in [5.74, 6) is -0.329. The third-order valence-electron chi connectivity index (χ3n) is 3.73. The molecule has 1 aliphatic rings. The lowest BCUT2D eigenvalue weighted by molar-refractivity contribution is 0.0600. The Bertz CT molecular complexity index is 493. The average Bonchev–Trinajstić information content (AvgIpc) is 2.44. The van der Waals surface area contributed by atoms with E-state index in [0.717, 1.165) is 25.2 Å². The zero-order valence-electron chi connectivity index (χ0n) is 12.1. The van der Waals surface area contributed by atoms with Crippen LogP contribution in [-0.2, 0) is 11.3 Å². The van der Waals surface area contributed by atoms with Crippen molar-refractivity contribution in [2.45, 2.75) is 32.5 Å². The van der Waals surface area contributed by atoms with Gasteiger partial charge in [-0.25, -0.2) is 4.79 Å². The predicted octanol–water partition coefficient (Wildman–Crippen LogP) is 2.31. The van der Waals surface area contributed by atoms with Gasteiger partial charge in [-0.2, -0.15) is 0 Å². The van der Waals surface area contributed by atoms with Crippen LogP contribution in [0.2, 0.25) is 5.02 Å². The molecule has 1 heterocycles. The van der Waals surface area contributed by atoms with Gasteiger partial charge in [0.05, 0.1) is 12.7 Å². The Kier molecular flexibility index (Phi) is 5.02. The molecule has 0 spiro atoms. The molecule has 0 aromatic heterocycles. The molecule has 0 amide bonds. The number of ether oxygens (including phenoxy) is 1. The number of nitrogens with zero attached hydrogens (tertiary/aromatic N) is 1. The van der Waals surface area contributed by atoms with Crippen LogP contribution in [0.4, 0.5) is 0 Å². The second-order valence-electron chi connectivity index (χ2n) is 5.39. The summed E-state index contributed by atoms with van der Waals surface area (Å²) >= 11 is 6.25. The third kappa shape index (κ3) is 3.51. The highest BCUT2D eigenvalue weighted by Crippen LogP contribution is 2.22. The maximum absolute atomic E-state index is 11.6. The first-order valence-corrected chi connectivity index (χ1v) is 7.23. The minimum absolute atomic E-state index is 0.329. The molecule has 0 aliphatic carbocycles. The third-order valence-corrected chi connectivity index (χ3v) is 4.10. The van der Waals surface area contributed by atoms with Crippen molar-refractivity contribution in [3.8, 4) is 0 Å². The predicted molar refractivity (Wildman–Crippen MR) is 80.1 cm³/mol. The van der Waals surface area contributed by atoms with Crippen molar-refractivity contribution in [1.82, 2.24) is 10.2 Å². The number of rotatable bonds is 3. The standard InChI is InChI=1S/C15H21ClN2O2/c1-10-8-18(11(2)7-17-10)9-13-6-12(15(19)20-3)4-5-14(13)16/h4-6,10-11,17H,7-9H2,1-3H3. The number of methoxy groups -OCH3 is 1. The minimum atomic E-state index is -0.329. The van der Waals surface area contributed by atoms with E-state index in [1.54, 1.807) is 12.1 Å². The first-order valence-electron chi connectivity index (χ1n) is 6.85. The molecule has 1 N–H and O–H groups in total. The monoisotopic (exact) mass is 296 g/mol. The van der Waals surface area contributed by atoms with Crippen LogP contribution in [0.25, 0.3) is 0 Å². The molecule has 2 rings (SSSR count). The van der Waals surface area contributed by atoms with Gasteiger partial charge in [-0.15, -0.1) is 0 Å². The summed E-state index contributed by atoms with van der Waals surface area (Å²) in [7, 11) is 1.39. The topological polar surface area (TPSA) is 41.6 Å². The summed E-state index contributed by atoms with van der Waals surface area (Å²) in [5, 5.41) is 4.14. The van der Waals surface area contributed by atoms with Gasteiger partial charge < -0.3 is 10.1 Å². The van der Waals surface area contributed by atoms with Crippen LogP contribution in [0.3, 0.4) is 0 Å². The summed E-state index contributed by atoms with van der Waals surface area (Å²) in [6.07, 6.45) is 0. The molecule has 1 saturated heterocycles. The van der Waals surface area contributed by atoms with Crippen molar-refractivity contribution in [1.29, 1.82) is 0 Å². The van der Waals surface area contributed by atoms with E-state index in [4.69, 9.17) is 16.3 Å². The number of hydrogen-bond donors (Lipinski definition) is 1. The fraction of sp³-hybridized carbons (Fsp3) is 0.533. The molecule has 2 unspecified atom stereocenters. The van der Waals surface area contributed by atoms with Gasteiger partial charge >= 0.3 is 5.97 Å². The summed E-state index contributed by atoms with van der Waals surface area (Å²) in [6.45, 7) is 7.05. The molecule has 2 atom stereocenters. The van der Waals surface area contributed by atoms with E-state index in [-0.39, 0.29) is 5.97 Å². The van der Waals surface area contributed by atoms with Gasteiger partial charge in [0.15, 0.2) is 0 Å². The zero-order valence-corrected chi connectivity index (χ0v) is 12.9. The Hall–Kier alpha value is -1.10. The van der Waals surface area contributed by atoms with Gasteiger partial charge in [-0.05, 0) is 37.6 Å². The number of nitrogens with one attached hydrogen (secondary N) is 1. The Labute approximate surface area is 125 Å². The van der Waals surface area contributed by atoms with Crippen LogP contribution in [0.15, 0.2) is 18.2 Å². The average molecular weight is 297 g/mol. The summed E-state index contributed by atoms with van der Waals surface area (Å²) < 4.78 is 4.75. The molecule has 110 valence electrons. The number of carbonyl (C=O) groups excluding carboxylic acids is 1. The van der Waals surface area contributed by atoms with Crippen LogP contribution in [0.5, 0.6) is 0 Å². The Morgan fingerprint density at radius 3 is 2.95 bits per heavy atom. The lowest BCUT2D eigenvalue weighted by Gasteiger charge is -2.37. The fourth-order valence-electron chi connectivity index (χ4n) is 2.48. The zero-order chi connectivity index (χ0) is 14.7. The molecular formula is C15H21ClN2O2. The van der Waals surface area contributed by atoms with E-state index >= 15 is 0 Å². The molecule has 1 aliphatic heterocycles. The molecule has 5 heteroatoms. The molecule has 1 fully saturated rings. The van der Waals surface area contributed by atoms with Crippen LogP contribution in [0, 0.1) is 0 Å². The summed E-state index contributed by atoms with van der Waals surface area (Å²) in [5.41, 5.74) is 1.51. The maximum atomic E-state index is 11.6. The highest BCUT2D eigenvalue weighted by Gasteiger charge is 2.23. The largest absolute Gasteiger partial charge is 0.465 e. The molecule has 1 aromatic rings. The minimum Gasteiger partial charge on any atom is -0.465 e. The van der Waals surface area contributed by atoms with Crippen LogP contribution in [0.1, 0.15) is 29.8 Å². The Morgan fingerprint density at radius 1 is 1.50 bits per heavy atom. The van der Waals surface area contributed by atoms with E-state index < -0.39 is 0 Å². The van der Waals surface area contributed by atoms with E-state index in [2.05, 4.69) is 24.1 Å². The number of piperazine rings is 1. The lowest BCUT2D eigenvalue weighted by Crippen LogP contribution is -2.53. The van der Waals surface area contributed by atoms with Gasteiger partial charge in [0.25, 0.3) is 0 Å². The summed E-state index contributed by atoms with van der Waals surface area (Å²) in [4.78, 5) is 14.0. The van der Waals surface area contributed by atoms with Crippen molar-refractivity contribution in [3.63, 3.8) is 0 Å². The molecule has 4 nitrogen and oxygen atoms in total. The van der Waals surface area contributed by atoms with E-state index in [9.17, 15) is 4.79 Å². The summed E-state index contributed by atoms with van der Waals surface area (Å²) in [6, 6.07) is 6.20. The maximum Gasteiger partial charge on any atom is 0.337 e. The van der Waals surface area contributed by atoms with Crippen molar-refractivity contribution < 1.29 is 9.53 Å². The fourth-order valence-corrected chi connectivity index (χ4v) is 2.65. The molecule has 1 aromatic carbocycles. The molecule has 0 radical (unpaired) electrons. The number of esters is 1. The van der Waals surface area contributed by atoms with Crippen molar-refractivity contribution in [2.75, 3.05) is 20.2 Å². The van der Waals surface area contributed by atoms with Crippen molar-refractivity contribution in [2.24, 2.45) is 0 Å². The highest BCUT2D eigenvalue weighted by atomic mass is 35.5. The molecule has 20 heavy (non-hydrogen) atoms. The van der Waals surface area contributed by atoms with Crippen LogP contribution in [-0.4, -0.2) is 43.2 Å². The Balaban J connectivity index is 2.17. The van der Waals surface area contributed by atoms with Crippen molar-refractivity contribution in [3.05, 3.63) is 34.3 Å². The molecular weight excluding hydrogens is 276 g/mol. The van der Waals surface area contributed by atoms with E-state index in [1.807, 2.05) is 6.07 Å². The second-order valence-corrected chi connectivity index (χ2v) is 5.79. The van der Waals surface area contributed by atoms with Gasteiger partial charge in [0.2, 0.25) is 0 Å². The van der Waals surface area contributed by atoms with E-state index in [1.165, 1.54) is 7.11 Å². The SMILES string of the molecule is COC(=O)c1ccc(Cl)c(CN2CC(C)NCC2C)c1. The molecule has 0 bridgehead atoms. The van der Waals surface area contributed by atoms with Gasteiger partial charge in [0.1, 0.15) is 0 Å². The highest BCUT2D eigenvalue weighted by molar-refractivity contribution is 6.31. The number of benzene rings is 1. The van der Waals surface area contributed by atoms with Crippen molar-refractivity contribution >= 4 is 17.6 Å². The number of carbonyl (C=O) groups is 1. The Morgan fingerprint density at radius 2 is 2.25 bits per heavy atom. The lowest BCUT2D eigenvalue weighted by atomic mass is 10.1. The van der Waals surface area contributed by atoms with Gasteiger partial charge in [0, 0.05) is 36.7 Å².